The van der Waals surface area contributed by atoms with Crippen LogP contribution in [0.15, 0.2) is 18.7 Å². The molecule has 1 aromatic heterocycles. The molecule has 164 valence electrons. The Bertz CT molecular complexity index is 859. The largest absolute Gasteiger partial charge is 0.464 e. The van der Waals surface area contributed by atoms with Crippen molar-refractivity contribution in [1.82, 2.24) is 4.98 Å². The van der Waals surface area contributed by atoms with Gasteiger partial charge in [0.25, 0.3) is 0 Å². The normalized spacial score (nSPS) is 11.4. The van der Waals surface area contributed by atoms with E-state index in [-0.39, 0.29) is 24.2 Å². The third-order valence-corrected chi connectivity index (χ3v) is 3.48. The SMILES string of the molecule is C=CCCC(=O)c1nc(C(=O)OC)c(N(C=O)C(=O)OC(C)(C)C)cc1C(F)(F)F. The molecule has 0 aromatic carbocycles. The van der Waals surface area contributed by atoms with Gasteiger partial charge in [-0.2, -0.15) is 13.2 Å². The van der Waals surface area contributed by atoms with E-state index >= 15 is 0 Å². The zero-order valence-corrected chi connectivity index (χ0v) is 16.8. The van der Waals surface area contributed by atoms with Crippen molar-refractivity contribution in [3.63, 3.8) is 0 Å². The van der Waals surface area contributed by atoms with E-state index in [1.807, 2.05) is 0 Å². The van der Waals surface area contributed by atoms with Gasteiger partial charge >= 0.3 is 18.2 Å². The number of carbonyl (C=O) groups is 4. The average molecular weight is 430 g/mol. The van der Waals surface area contributed by atoms with Crippen LogP contribution in [0.3, 0.4) is 0 Å². The number of rotatable bonds is 7. The molecule has 0 bridgehead atoms. The van der Waals surface area contributed by atoms with Gasteiger partial charge in [0.2, 0.25) is 6.41 Å². The molecule has 0 aliphatic rings. The molecule has 0 spiro atoms. The molecule has 0 saturated carbocycles. The molecule has 30 heavy (non-hydrogen) atoms. The van der Waals surface area contributed by atoms with E-state index in [0.717, 1.165) is 7.11 Å². The molecule has 2 amide bonds. The molecular formula is C19H21F3N2O6. The minimum Gasteiger partial charge on any atom is -0.464 e. The lowest BCUT2D eigenvalue weighted by Gasteiger charge is -2.25. The zero-order chi connectivity index (χ0) is 23.3. The Hall–Kier alpha value is -3.24. The van der Waals surface area contributed by atoms with Crippen molar-refractivity contribution in [2.45, 2.75) is 45.4 Å². The van der Waals surface area contributed by atoms with Gasteiger partial charge in [-0.3, -0.25) is 9.59 Å². The van der Waals surface area contributed by atoms with Crippen LogP contribution in [0.5, 0.6) is 0 Å². The predicted octanol–water partition coefficient (Wildman–Crippen LogP) is 3.93. The van der Waals surface area contributed by atoms with Gasteiger partial charge in [-0.1, -0.05) is 6.08 Å². The van der Waals surface area contributed by atoms with E-state index in [9.17, 15) is 32.3 Å². The highest BCUT2D eigenvalue weighted by Gasteiger charge is 2.40. The van der Waals surface area contributed by atoms with E-state index in [1.165, 1.54) is 26.8 Å². The smallest absolute Gasteiger partial charge is 0.421 e. The lowest BCUT2D eigenvalue weighted by Crippen LogP contribution is -2.37. The zero-order valence-electron chi connectivity index (χ0n) is 16.8. The van der Waals surface area contributed by atoms with Gasteiger partial charge in [-0.05, 0) is 33.3 Å². The summed E-state index contributed by atoms with van der Waals surface area (Å²) in [6.07, 6.45) is -5.48. The summed E-state index contributed by atoms with van der Waals surface area (Å²) in [6, 6.07) is 0.318. The Morgan fingerprint density at radius 1 is 1.20 bits per heavy atom. The number of allylic oxidation sites excluding steroid dienone is 1. The lowest BCUT2D eigenvalue weighted by atomic mass is 10.0. The highest BCUT2D eigenvalue weighted by atomic mass is 19.4. The molecule has 0 fully saturated rings. The number of ketones is 1. The number of amides is 2. The van der Waals surface area contributed by atoms with Crippen molar-refractivity contribution in [1.29, 1.82) is 0 Å². The summed E-state index contributed by atoms with van der Waals surface area (Å²) >= 11 is 0. The maximum Gasteiger partial charge on any atom is 0.421 e. The number of carbonyl (C=O) groups excluding carboxylic acids is 4. The van der Waals surface area contributed by atoms with Crippen molar-refractivity contribution in [3.8, 4) is 0 Å². The first-order valence-corrected chi connectivity index (χ1v) is 8.59. The van der Waals surface area contributed by atoms with Crippen LogP contribution in [0.1, 0.15) is 60.2 Å². The number of hydrogen-bond acceptors (Lipinski definition) is 7. The standard InChI is InChI=1S/C19H21F3N2O6/c1-6-7-8-13(26)14-11(19(20,21)22)9-12(15(23-14)16(27)29-5)24(10-25)17(28)30-18(2,3)4/h6,9-10H,1,7-8H2,2-5H3. The maximum absolute atomic E-state index is 13.6. The third-order valence-electron chi connectivity index (χ3n) is 3.48. The van der Waals surface area contributed by atoms with Gasteiger partial charge in [0, 0.05) is 6.42 Å². The van der Waals surface area contributed by atoms with Gasteiger partial charge in [-0.15, -0.1) is 6.58 Å². The minimum absolute atomic E-state index is 0.0749. The Labute approximate surface area is 170 Å². The van der Waals surface area contributed by atoms with Crippen molar-refractivity contribution in [3.05, 3.63) is 35.7 Å². The number of nitrogens with zero attached hydrogens (tertiary/aromatic N) is 2. The summed E-state index contributed by atoms with van der Waals surface area (Å²) in [6.45, 7) is 7.79. The number of halogens is 3. The Balaban J connectivity index is 3.77. The van der Waals surface area contributed by atoms with Crippen LogP contribution in [0.25, 0.3) is 0 Å². The number of ether oxygens (including phenoxy) is 2. The van der Waals surface area contributed by atoms with Gasteiger partial charge in [-0.25, -0.2) is 19.5 Å². The molecule has 1 rings (SSSR count). The molecule has 8 nitrogen and oxygen atoms in total. The van der Waals surface area contributed by atoms with Gasteiger partial charge in [0.1, 0.15) is 11.3 Å². The molecule has 1 heterocycles. The number of pyridine rings is 1. The maximum atomic E-state index is 13.6. The summed E-state index contributed by atoms with van der Waals surface area (Å²) in [5, 5.41) is 0. The quantitative estimate of drug-likeness (QED) is 0.279. The van der Waals surface area contributed by atoms with Crippen molar-refractivity contribution < 1.29 is 41.8 Å². The van der Waals surface area contributed by atoms with Gasteiger partial charge in [0.05, 0.1) is 18.4 Å². The molecule has 0 aliphatic heterocycles. The van der Waals surface area contributed by atoms with Crippen LogP contribution in [-0.2, 0) is 20.4 Å². The number of anilines is 1. The highest BCUT2D eigenvalue weighted by molar-refractivity contribution is 6.09. The number of alkyl halides is 3. The van der Waals surface area contributed by atoms with Gasteiger partial charge < -0.3 is 9.47 Å². The van der Waals surface area contributed by atoms with Gasteiger partial charge in [0.15, 0.2) is 11.5 Å². The summed E-state index contributed by atoms with van der Waals surface area (Å²) in [4.78, 5) is 51.9. The summed E-state index contributed by atoms with van der Waals surface area (Å²) in [5.74, 6) is -2.26. The number of esters is 1. The van der Waals surface area contributed by atoms with E-state index < -0.39 is 52.3 Å². The van der Waals surface area contributed by atoms with Crippen molar-refractivity contribution >= 4 is 29.9 Å². The lowest BCUT2D eigenvalue weighted by molar-refractivity contribution is -0.138. The second kappa shape index (κ2) is 9.51. The number of hydrogen-bond donors (Lipinski definition) is 0. The first-order valence-electron chi connectivity index (χ1n) is 8.59. The van der Waals surface area contributed by atoms with Crippen molar-refractivity contribution in [2.75, 3.05) is 12.0 Å². The molecule has 0 unspecified atom stereocenters. The number of aromatic nitrogens is 1. The van der Waals surface area contributed by atoms with E-state index in [0.29, 0.717) is 6.07 Å². The second-order valence-corrected chi connectivity index (χ2v) is 6.95. The topological polar surface area (TPSA) is 103 Å². The van der Waals surface area contributed by atoms with Crippen molar-refractivity contribution in [2.24, 2.45) is 0 Å². The highest BCUT2D eigenvalue weighted by Crippen LogP contribution is 2.36. The first kappa shape index (κ1) is 24.8. The van der Waals surface area contributed by atoms with Crippen LogP contribution < -0.4 is 4.90 Å². The fourth-order valence-corrected chi connectivity index (χ4v) is 2.22. The molecule has 11 heteroatoms. The third kappa shape index (κ3) is 6.13. The molecule has 0 saturated heterocycles. The first-order chi connectivity index (χ1) is 13.8. The Morgan fingerprint density at radius 2 is 1.80 bits per heavy atom. The molecule has 0 aliphatic carbocycles. The molecule has 0 radical (unpaired) electrons. The summed E-state index contributed by atoms with van der Waals surface area (Å²) in [7, 11) is 0.920. The summed E-state index contributed by atoms with van der Waals surface area (Å²) in [5.41, 5.74) is -5.31. The Morgan fingerprint density at radius 3 is 2.23 bits per heavy atom. The van der Waals surface area contributed by atoms with Crippen LogP contribution in [0, 0.1) is 0 Å². The second-order valence-electron chi connectivity index (χ2n) is 6.95. The molecule has 1 aromatic rings. The van der Waals surface area contributed by atoms with Crippen LogP contribution in [0.2, 0.25) is 0 Å². The average Bonchev–Trinajstić information content (AvgIpc) is 2.63. The van der Waals surface area contributed by atoms with E-state index in [2.05, 4.69) is 16.3 Å². The minimum atomic E-state index is -5.07. The van der Waals surface area contributed by atoms with E-state index in [1.54, 1.807) is 0 Å². The summed E-state index contributed by atoms with van der Waals surface area (Å²) < 4.78 is 50.3. The molecular weight excluding hydrogens is 409 g/mol. The van der Waals surface area contributed by atoms with Crippen LogP contribution in [-0.4, -0.2) is 42.0 Å². The fraction of sp³-hybridized carbons (Fsp3) is 0.421. The number of Topliss-reactive ketones (excluding diaryl/α,β-unsaturated/α-hetero) is 1. The predicted molar refractivity (Wildman–Crippen MR) is 99.1 cm³/mol. The van der Waals surface area contributed by atoms with E-state index in [4.69, 9.17) is 4.74 Å². The van der Waals surface area contributed by atoms with Crippen LogP contribution >= 0.6 is 0 Å². The number of methoxy groups -OCH3 is 1. The number of imide groups is 1. The Kier molecular flexibility index (Phi) is 7.86. The molecule has 0 N–H and O–H groups in total. The molecule has 0 atom stereocenters. The van der Waals surface area contributed by atoms with Crippen LogP contribution in [0.4, 0.5) is 23.7 Å². The fourth-order valence-electron chi connectivity index (χ4n) is 2.22. The monoisotopic (exact) mass is 430 g/mol.